The van der Waals surface area contributed by atoms with Crippen LogP contribution in [0.4, 0.5) is 0 Å². The lowest BCUT2D eigenvalue weighted by molar-refractivity contribution is -0.118. The highest BCUT2D eigenvalue weighted by molar-refractivity contribution is 5.74. The summed E-state index contributed by atoms with van der Waals surface area (Å²) < 4.78 is 0. The van der Waals surface area contributed by atoms with Gasteiger partial charge in [0.15, 0.2) is 0 Å². The van der Waals surface area contributed by atoms with Crippen molar-refractivity contribution in [3.05, 3.63) is 70.8 Å². The van der Waals surface area contributed by atoms with Crippen LogP contribution in [0, 0.1) is 0 Å². The smallest absolute Gasteiger partial charge is 0.217 e. The summed E-state index contributed by atoms with van der Waals surface area (Å²) in [6.45, 7) is 0. The van der Waals surface area contributed by atoms with E-state index in [1.165, 1.54) is 28.7 Å². The van der Waals surface area contributed by atoms with E-state index < -0.39 is 0 Å². The Hall–Kier alpha value is -2.09. The summed E-state index contributed by atoms with van der Waals surface area (Å²) in [4.78, 5) is 11.4. The van der Waals surface area contributed by atoms with Crippen molar-refractivity contribution in [3.63, 3.8) is 0 Å². The second-order valence-corrected chi connectivity index (χ2v) is 6.31. The molecule has 2 nitrogen and oxygen atoms in total. The van der Waals surface area contributed by atoms with Crippen molar-refractivity contribution in [2.75, 3.05) is 0 Å². The lowest BCUT2D eigenvalue weighted by Gasteiger charge is -2.49. The van der Waals surface area contributed by atoms with Crippen LogP contribution in [0.5, 0.6) is 0 Å². The van der Waals surface area contributed by atoms with Crippen LogP contribution < -0.4 is 5.73 Å². The van der Waals surface area contributed by atoms with Crippen molar-refractivity contribution < 1.29 is 4.79 Å². The first kappa shape index (κ1) is 12.6. The molecule has 2 aromatic rings. The van der Waals surface area contributed by atoms with Gasteiger partial charge in [0, 0.05) is 17.8 Å². The fraction of sp³-hybridized carbons (Fsp3) is 0.316. The molecule has 0 saturated heterocycles. The van der Waals surface area contributed by atoms with E-state index in [1.807, 2.05) is 0 Å². The number of hydrogen-bond acceptors (Lipinski definition) is 1. The number of amides is 1. The van der Waals surface area contributed by atoms with Gasteiger partial charge in [-0.1, -0.05) is 48.5 Å². The summed E-state index contributed by atoms with van der Waals surface area (Å²) in [6.07, 6.45) is 3.57. The maximum Gasteiger partial charge on any atom is 0.217 e. The second-order valence-electron chi connectivity index (χ2n) is 6.31. The van der Waals surface area contributed by atoms with E-state index >= 15 is 0 Å². The van der Waals surface area contributed by atoms with Gasteiger partial charge in [-0.05, 0) is 41.5 Å². The third-order valence-electron chi connectivity index (χ3n) is 5.36. The largest absolute Gasteiger partial charge is 0.370 e. The molecule has 2 bridgehead atoms. The van der Waals surface area contributed by atoms with Gasteiger partial charge in [-0.15, -0.1) is 0 Å². The quantitative estimate of drug-likeness (QED) is 0.917. The second kappa shape index (κ2) is 4.45. The molecule has 1 amide bonds. The first-order valence-corrected chi connectivity index (χ1v) is 7.69. The van der Waals surface area contributed by atoms with E-state index in [1.54, 1.807) is 0 Å². The summed E-state index contributed by atoms with van der Waals surface area (Å²) in [5.41, 5.74) is 11.2. The maximum atomic E-state index is 11.4. The highest BCUT2D eigenvalue weighted by Gasteiger charge is 2.47. The average molecular weight is 277 g/mol. The van der Waals surface area contributed by atoms with Gasteiger partial charge >= 0.3 is 0 Å². The molecule has 106 valence electrons. The van der Waals surface area contributed by atoms with E-state index in [0.29, 0.717) is 12.3 Å². The Bertz CT molecular complexity index is 672. The molecular formula is C19H19NO. The van der Waals surface area contributed by atoms with Crippen LogP contribution in [0.2, 0.25) is 0 Å². The Morgan fingerprint density at radius 3 is 2.19 bits per heavy atom. The first-order chi connectivity index (χ1) is 10.2. The number of carbonyl (C=O) groups is 1. The van der Waals surface area contributed by atoms with E-state index in [4.69, 9.17) is 5.73 Å². The molecule has 0 fully saturated rings. The Morgan fingerprint density at radius 2 is 1.62 bits per heavy atom. The Morgan fingerprint density at radius 1 is 1.05 bits per heavy atom. The number of fused-ring (bicyclic) bond motifs is 1. The van der Waals surface area contributed by atoms with Gasteiger partial charge in [-0.2, -0.15) is 0 Å². The van der Waals surface area contributed by atoms with Gasteiger partial charge in [0.2, 0.25) is 5.91 Å². The standard InChI is InChI=1S/C19H19NO/c20-18(21)10-12-19-11-9-13(14-5-1-3-7-16(14)19)15-6-2-4-8-17(15)19/h1-8,13H,9-12H2,(H2,20,21). The molecule has 2 N–H and O–H groups in total. The van der Waals surface area contributed by atoms with E-state index in [-0.39, 0.29) is 11.3 Å². The van der Waals surface area contributed by atoms with Crippen molar-refractivity contribution in [1.82, 2.24) is 0 Å². The summed E-state index contributed by atoms with van der Waals surface area (Å²) in [7, 11) is 0. The molecule has 0 radical (unpaired) electrons. The van der Waals surface area contributed by atoms with Crippen molar-refractivity contribution in [2.24, 2.45) is 5.73 Å². The molecule has 0 aromatic heterocycles. The zero-order chi connectivity index (χ0) is 14.4. The predicted octanol–water partition coefficient (Wildman–Crippen LogP) is 3.48. The van der Waals surface area contributed by atoms with Crippen molar-refractivity contribution in [3.8, 4) is 0 Å². The molecule has 0 heterocycles. The van der Waals surface area contributed by atoms with Gasteiger partial charge in [0.05, 0.1) is 0 Å². The minimum atomic E-state index is -0.202. The van der Waals surface area contributed by atoms with Gasteiger partial charge < -0.3 is 5.73 Å². The third kappa shape index (κ3) is 1.68. The molecule has 5 rings (SSSR count). The molecule has 21 heavy (non-hydrogen) atoms. The predicted molar refractivity (Wildman–Crippen MR) is 83.2 cm³/mol. The summed E-state index contributed by atoms with van der Waals surface area (Å²) >= 11 is 0. The SMILES string of the molecule is NC(=O)CCC12CCC(c3ccccc31)c1ccccc12. The Kier molecular flexibility index (Phi) is 2.68. The topological polar surface area (TPSA) is 43.1 Å². The Balaban J connectivity index is 1.94. The molecule has 0 aliphatic heterocycles. The fourth-order valence-electron chi connectivity index (χ4n) is 4.49. The number of nitrogens with two attached hydrogens (primary N) is 1. The normalized spacial score (nSPS) is 25.2. The zero-order valence-electron chi connectivity index (χ0n) is 12.0. The molecule has 3 aliphatic rings. The van der Waals surface area contributed by atoms with E-state index in [0.717, 1.165) is 12.8 Å². The molecule has 2 aromatic carbocycles. The van der Waals surface area contributed by atoms with Crippen LogP contribution in [-0.2, 0) is 10.2 Å². The Labute approximate surface area is 125 Å². The van der Waals surface area contributed by atoms with Crippen molar-refractivity contribution >= 4 is 5.91 Å². The summed E-state index contributed by atoms with van der Waals surface area (Å²) in [5, 5.41) is 0. The first-order valence-electron chi connectivity index (χ1n) is 7.69. The van der Waals surface area contributed by atoms with Crippen LogP contribution in [0.3, 0.4) is 0 Å². The number of hydrogen-bond donors (Lipinski definition) is 1. The molecule has 0 spiro atoms. The highest BCUT2D eigenvalue weighted by atomic mass is 16.1. The lowest BCUT2D eigenvalue weighted by atomic mass is 9.54. The van der Waals surface area contributed by atoms with Crippen molar-refractivity contribution in [1.29, 1.82) is 0 Å². The number of rotatable bonds is 3. The zero-order valence-corrected chi connectivity index (χ0v) is 12.0. The van der Waals surface area contributed by atoms with Gasteiger partial charge in [-0.25, -0.2) is 0 Å². The highest BCUT2D eigenvalue weighted by Crippen LogP contribution is 2.57. The van der Waals surface area contributed by atoms with Crippen LogP contribution in [-0.4, -0.2) is 5.91 Å². The lowest BCUT2D eigenvalue weighted by Crippen LogP contribution is -2.40. The average Bonchev–Trinajstić information content (AvgIpc) is 2.54. The monoisotopic (exact) mass is 277 g/mol. The molecule has 0 atom stereocenters. The minimum Gasteiger partial charge on any atom is -0.370 e. The summed E-state index contributed by atoms with van der Waals surface area (Å²) in [6, 6.07) is 17.5. The fourth-order valence-corrected chi connectivity index (χ4v) is 4.49. The number of primary amides is 1. The molecule has 3 aliphatic carbocycles. The molecular weight excluding hydrogens is 258 g/mol. The molecule has 2 heteroatoms. The van der Waals surface area contributed by atoms with Crippen LogP contribution in [0.15, 0.2) is 48.5 Å². The van der Waals surface area contributed by atoms with Gasteiger partial charge in [-0.3, -0.25) is 4.79 Å². The van der Waals surface area contributed by atoms with Gasteiger partial charge in [0.1, 0.15) is 0 Å². The molecule has 0 saturated carbocycles. The third-order valence-corrected chi connectivity index (χ3v) is 5.36. The number of carbonyl (C=O) groups excluding carboxylic acids is 1. The number of benzene rings is 2. The van der Waals surface area contributed by atoms with Gasteiger partial charge in [0.25, 0.3) is 0 Å². The van der Waals surface area contributed by atoms with Crippen LogP contribution >= 0.6 is 0 Å². The van der Waals surface area contributed by atoms with Crippen LogP contribution in [0.1, 0.15) is 53.9 Å². The van der Waals surface area contributed by atoms with Crippen molar-refractivity contribution in [2.45, 2.75) is 37.0 Å². The van der Waals surface area contributed by atoms with E-state index in [2.05, 4.69) is 48.5 Å². The van der Waals surface area contributed by atoms with E-state index in [9.17, 15) is 4.79 Å². The maximum absolute atomic E-state index is 11.4. The van der Waals surface area contributed by atoms with Crippen LogP contribution in [0.25, 0.3) is 0 Å². The minimum absolute atomic E-state index is 0.0169. The molecule has 0 unspecified atom stereocenters. The summed E-state index contributed by atoms with van der Waals surface area (Å²) in [5.74, 6) is 0.319.